The lowest BCUT2D eigenvalue weighted by molar-refractivity contribution is -0.117. The predicted octanol–water partition coefficient (Wildman–Crippen LogP) is 3.54. The summed E-state index contributed by atoms with van der Waals surface area (Å²) in [6, 6.07) is 7.17. The fourth-order valence-electron chi connectivity index (χ4n) is 1.91. The van der Waals surface area contributed by atoms with Crippen molar-refractivity contribution in [3.63, 3.8) is 0 Å². The van der Waals surface area contributed by atoms with Crippen molar-refractivity contribution in [2.75, 3.05) is 5.32 Å². The first-order valence-electron chi connectivity index (χ1n) is 6.62. The van der Waals surface area contributed by atoms with Gasteiger partial charge in [-0.15, -0.1) is 23.7 Å². The van der Waals surface area contributed by atoms with Crippen molar-refractivity contribution >= 4 is 35.3 Å². The van der Waals surface area contributed by atoms with Crippen LogP contribution in [0.5, 0.6) is 0 Å². The lowest BCUT2D eigenvalue weighted by Gasteiger charge is -2.14. The van der Waals surface area contributed by atoms with Gasteiger partial charge in [0.25, 0.3) is 0 Å². The van der Waals surface area contributed by atoms with Crippen LogP contribution in [0.25, 0.3) is 10.6 Å². The lowest BCUT2D eigenvalue weighted by Crippen LogP contribution is -2.36. The van der Waals surface area contributed by atoms with Gasteiger partial charge < -0.3 is 11.1 Å². The van der Waals surface area contributed by atoms with E-state index in [0.717, 1.165) is 16.3 Å². The number of hydrogen-bond acceptors (Lipinski definition) is 4. The number of carbonyl (C=O) groups excluding carboxylic acids is 1. The van der Waals surface area contributed by atoms with Crippen LogP contribution in [-0.2, 0) is 4.79 Å². The highest BCUT2D eigenvalue weighted by Crippen LogP contribution is 2.23. The van der Waals surface area contributed by atoms with Crippen molar-refractivity contribution in [2.24, 2.45) is 11.7 Å². The monoisotopic (exact) mass is 325 g/mol. The Bertz CT molecular complexity index is 555. The molecule has 0 spiro atoms. The maximum Gasteiger partial charge on any atom is 0.241 e. The maximum atomic E-state index is 11.9. The second-order valence-corrected chi connectivity index (χ2v) is 6.03. The van der Waals surface area contributed by atoms with Crippen LogP contribution in [0.15, 0.2) is 35.8 Å². The van der Waals surface area contributed by atoms with E-state index in [1.165, 1.54) is 0 Å². The van der Waals surface area contributed by atoms with Gasteiger partial charge in [-0.1, -0.05) is 13.8 Å². The summed E-state index contributed by atoms with van der Waals surface area (Å²) in [5.41, 5.74) is 7.66. The van der Waals surface area contributed by atoms with Crippen molar-refractivity contribution in [1.82, 2.24) is 4.98 Å². The normalized spacial score (nSPS) is 11.8. The Kier molecular flexibility index (Phi) is 6.81. The minimum atomic E-state index is -0.464. The second kappa shape index (κ2) is 8.12. The quantitative estimate of drug-likeness (QED) is 0.883. The van der Waals surface area contributed by atoms with Gasteiger partial charge in [0, 0.05) is 22.8 Å². The molecule has 1 atom stereocenters. The average Bonchev–Trinajstić information content (AvgIpc) is 2.92. The maximum absolute atomic E-state index is 11.9. The number of nitrogens with two attached hydrogens (primary N) is 1. The smallest absolute Gasteiger partial charge is 0.241 e. The topological polar surface area (TPSA) is 68.0 Å². The number of nitrogens with zero attached hydrogens (tertiary/aromatic N) is 1. The Balaban J connectivity index is 0.00000220. The molecule has 0 aliphatic heterocycles. The number of rotatable bonds is 5. The highest BCUT2D eigenvalue weighted by molar-refractivity contribution is 7.13. The fourth-order valence-corrected chi connectivity index (χ4v) is 2.56. The van der Waals surface area contributed by atoms with Gasteiger partial charge >= 0.3 is 0 Å². The highest BCUT2D eigenvalue weighted by atomic mass is 35.5. The van der Waals surface area contributed by atoms with Crippen LogP contribution in [0.4, 0.5) is 5.69 Å². The number of benzene rings is 1. The summed E-state index contributed by atoms with van der Waals surface area (Å²) >= 11 is 1.59. The number of aromatic nitrogens is 1. The van der Waals surface area contributed by atoms with E-state index in [9.17, 15) is 4.79 Å². The first kappa shape index (κ1) is 17.6. The number of amides is 1. The lowest BCUT2D eigenvalue weighted by atomic mass is 10.0. The van der Waals surface area contributed by atoms with E-state index in [1.54, 1.807) is 17.5 Å². The van der Waals surface area contributed by atoms with Gasteiger partial charge in [0.1, 0.15) is 5.01 Å². The largest absolute Gasteiger partial charge is 0.325 e. The molecule has 114 valence electrons. The number of carbonyl (C=O) groups is 1. The van der Waals surface area contributed by atoms with Crippen molar-refractivity contribution in [3.8, 4) is 10.6 Å². The van der Waals surface area contributed by atoms with Gasteiger partial charge in [0.2, 0.25) is 5.91 Å². The van der Waals surface area contributed by atoms with Gasteiger partial charge in [-0.3, -0.25) is 4.79 Å². The third-order valence-electron chi connectivity index (χ3n) is 2.89. The minimum absolute atomic E-state index is 0. The Morgan fingerprint density at radius 2 is 2.00 bits per heavy atom. The molecule has 0 unspecified atom stereocenters. The number of nitrogens with one attached hydrogen (secondary N) is 1. The highest BCUT2D eigenvalue weighted by Gasteiger charge is 2.15. The van der Waals surface area contributed by atoms with E-state index >= 15 is 0 Å². The van der Waals surface area contributed by atoms with E-state index in [4.69, 9.17) is 5.73 Å². The van der Waals surface area contributed by atoms with Crippen LogP contribution in [0.1, 0.15) is 20.3 Å². The Hall–Kier alpha value is -1.43. The van der Waals surface area contributed by atoms with Crippen molar-refractivity contribution in [3.05, 3.63) is 35.8 Å². The van der Waals surface area contributed by atoms with E-state index in [2.05, 4.69) is 24.1 Å². The van der Waals surface area contributed by atoms with Gasteiger partial charge in [-0.25, -0.2) is 4.98 Å². The summed E-state index contributed by atoms with van der Waals surface area (Å²) in [6.45, 7) is 4.10. The zero-order valence-corrected chi connectivity index (χ0v) is 13.7. The standard InChI is InChI=1S/C15H19N3OS.ClH/c1-10(2)9-13(16)14(19)18-12-5-3-11(4-6-12)15-17-7-8-20-15;/h3-8,10,13H,9,16H2,1-2H3,(H,18,19);1H/t13-;/m0./s1. The predicted molar refractivity (Wildman–Crippen MR) is 90.9 cm³/mol. The molecule has 1 amide bonds. The van der Waals surface area contributed by atoms with E-state index in [1.807, 2.05) is 29.6 Å². The van der Waals surface area contributed by atoms with Crippen LogP contribution in [0.3, 0.4) is 0 Å². The molecule has 1 heterocycles. The molecule has 0 aliphatic carbocycles. The summed E-state index contributed by atoms with van der Waals surface area (Å²) in [5, 5.41) is 5.75. The number of thiazole rings is 1. The van der Waals surface area contributed by atoms with Gasteiger partial charge in [0.15, 0.2) is 0 Å². The number of hydrogen-bond donors (Lipinski definition) is 2. The van der Waals surface area contributed by atoms with Crippen molar-refractivity contribution < 1.29 is 4.79 Å². The molecular formula is C15H20ClN3OS. The first-order chi connectivity index (χ1) is 9.56. The molecule has 0 saturated carbocycles. The van der Waals surface area contributed by atoms with Gasteiger partial charge in [-0.2, -0.15) is 0 Å². The van der Waals surface area contributed by atoms with E-state index < -0.39 is 6.04 Å². The molecule has 0 aliphatic rings. The Labute approximate surface area is 135 Å². The number of halogens is 1. The molecule has 21 heavy (non-hydrogen) atoms. The van der Waals surface area contributed by atoms with Crippen LogP contribution >= 0.6 is 23.7 Å². The summed E-state index contributed by atoms with van der Waals surface area (Å²) in [6.07, 6.45) is 2.46. The SMILES string of the molecule is CC(C)C[C@H](N)C(=O)Nc1ccc(-c2nccs2)cc1.Cl. The molecule has 2 rings (SSSR count). The summed E-state index contributed by atoms with van der Waals surface area (Å²) in [4.78, 5) is 16.2. The third kappa shape index (κ3) is 5.12. The molecule has 0 fully saturated rings. The minimum Gasteiger partial charge on any atom is -0.325 e. The van der Waals surface area contributed by atoms with Crippen LogP contribution in [0, 0.1) is 5.92 Å². The average molecular weight is 326 g/mol. The van der Waals surface area contributed by atoms with Crippen LogP contribution in [0.2, 0.25) is 0 Å². The second-order valence-electron chi connectivity index (χ2n) is 5.14. The summed E-state index contributed by atoms with van der Waals surface area (Å²) in [7, 11) is 0. The zero-order valence-electron chi connectivity index (χ0n) is 12.1. The molecule has 0 bridgehead atoms. The Morgan fingerprint density at radius 1 is 1.33 bits per heavy atom. The van der Waals surface area contributed by atoms with Gasteiger partial charge in [0.05, 0.1) is 6.04 Å². The summed E-state index contributed by atoms with van der Waals surface area (Å²) in [5.74, 6) is 0.267. The first-order valence-corrected chi connectivity index (χ1v) is 7.50. The van der Waals surface area contributed by atoms with Crippen LogP contribution in [-0.4, -0.2) is 16.9 Å². The number of anilines is 1. The van der Waals surface area contributed by atoms with E-state index in [-0.39, 0.29) is 18.3 Å². The van der Waals surface area contributed by atoms with E-state index in [0.29, 0.717) is 12.3 Å². The molecule has 1 aromatic heterocycles. The molecule has 0 saturated heterocycles. The zero-order chi connectivity index (χ0) is 14.5. The molecule has 0 radical (unpaired) electrons. The van der Waals surface area contributed by atoms with Crippen molar-refractivity contribution in [1.29, 1.82) is 0 Å². The summed E-state index contributed by atoms with van der Waals surface area (Å²) < 4.78 is 0. The third-order valence-corrected chi connectivity index (χ3v) is 3.72. The molecule has 4 nitrogen and oxygen atoms in total. The molecule has 2 aromatic rings. The fraction of sp³-hybridized carbons (Fsp3) is 0.333. The molecule has 1 aromatic carbocycles. The van der Waals surface area contributed by atoms with Gasteiger partial charge in [-0.05, 0) is 36.6 Å². The van der Waals surface area contributed by atoms with Crippen LogP contribution < -0.4 is 11.1 Å². The molecular weight excluding hydrogens is 306 g/mol. The Morgan fingerprint density at radius 3 is 2.52 bits per heavy atom. The van der Waals surface area contributed by atoms with Crippen molar-refractivity contribution in [2.45, 2.75) is 26.3 Å². The molecule has 6 heteroatoms. The molecule has 3 N–H and O–H groups in total.